The smallest absolute Gasteiger partial charge is 0.222 e. The molecular formula is C35H39N5O. The lowest BCUT2D eigenvalue weighted by molar-refractivity contribution is -0.121. The lowest BCUT2D eigenvalue weighted by Gasteiger charge is -2.41. The Hall–Kier alpha value is -4.42. The number of para-hydroxylation sites is 1. The lowest BCUT2D eigenvalue weighted by atomic mass is 10.0. The van der Waals surface area contributed by atoms with Crippen LogP contribution in [-0.2, 0) is 11.2 Å². The molecule has 0 aromatic heterocycles. The summed E-state index contributed by atoms with van der Waals surface area (Å²) in [5.41, 5.74) is 12.0. The maximum absolute atomic E-state index is 13.4. The minimum atomic E-state index is -0.393. The summed E-state index contributed by atoms with van der Waals surface area (Å²) in [6.45, 7) is 1.54. The fourth-order valence-electron chi connectivity index (χ4n) is 5.26. The number of aliphatic imine (C=N–C) groups is 1. The summed E-state index contributed by atoms with van der Waals surface area (Å²) in [5.74, 6) is 0.823. The number of hydrogen-bond donors (Lipinski definition) is 2. The minimum Gasteiger partial charge on any atom is -0.345 e. The Morgan fingerprint density at radius 1 is 0.829 bits per heavy atom. The van der Waals surface area contributed by atoms with Crippen molar-refractivity contribution in [1.29, 1.82) is 0 Å². The molecule has 6 nitrogen and oxygen atoms in total. The second kappa shape index (κ2) is 13.8. The van der Waals surface area contributed by atoms with Gasteiger partial charge in [-0.15, -0.1) is 0 Å². The van der Waals surface area contributed by atoms with E-state index in [1.165, 1.54) is 5.56 Å². The third-order valence-electron chi connectivity index (χ3n) is 7.50. The van der Waals surface area contributed by atoms with Crippen LogP contribution in [0.15, 0.2) is 114 Å². The third kappa shape index (κ3) is 7.02. The minimum absolute atomic E-state index is 0.00594. The molecule has 3 N–H and O–H groups in total. The van der Waals surface area contributed by atoms with Crippen LogP contribution in [0.4, 0.5) is 11.4 Å². The number of guanidine groups is 1. The van der Waals surface area contributed by atoms with E-state index in [2.05, 4.69) is 88.9 Å². The number of fused-ring (bicyclic) bond motifs is 1. The predicted octanol–water partition coefficient (Wildman–Crippen LogP) is 6.67. The van der Waals surface area contributed by atoms with E-state index < -0.39 is 6.17 Å². The van der Waals surface area contributed by atoms with Gasteiger partial charge in [0.15, 0.2) is 0 Å². The zero-order valence-corrected chi connectivity index (χ0v) is 23.7. The lowest BCUT2D eigenvalue weighted by Crippen LogP contribution is -2.52. The van der Waals surface area contributed by atoms with Gasteiger partial charge in [0.2, 0.25) is 11.9 Å². The summed E-state index contributed by atoms with van der Waals surface area (Å²) in [4.78, 5) is 22.9. The van der Waals surface area contributed by atoms with Crippen LogP contribution in [0.2, 0.25) is 0 Å². The highest BCUT2D eigenvalue weighted by molar-refractivity contribution is 6.01. The fraction of sp³-hybridized carbons (Fsp3) is 0.257. The van der Waals surface area contributed by atoms with Crippen molar-refractivity contribution in [2.24, 2.45) is 10.7 Å². The molecule has 1 atom stereocenters. The van der Waals surface area contributed by atoms with Crippen LogP contribution in [-0.4, -0.2) is 36.9 Å². The summed E-state index contributed by atoms with van der Waals surface area (Å²) in [6.07, 6.45) is 3.79. The number of aryl methyl sites for hydroxylation is 1. The molecule has 1 aliphatic rings. The monoisotopic (exact) mass is 545 g/mol. The van der Waals surface area contributed by atoms with Crippen LogP contribution in [0.5, 0.6) is 0 Å². The summed E-state index contributed by atoms with van der Waals surface area (Å²) >= 11 is 0. The van der Waals surface area contributed by atoms with Crippen LogP contribution in [0.25, 0.3) is 11.1 Å². The molecule has 5 rings (SSSR count). The average Bonchev–Trinajstić information content (AvgIpc) is 3.03. The van der Waals surface area contributed by atoms with E-state index in [0.29, 0.717) is 19.4 Å². The molecule has 0 radical (unpaired) electrons. The van der Waals surface area contributed by atoms with Gasteiger partial charge in [-0.25, -0.2) is 4.99 Å². The largest absolute Gasteiger partial charge is 0.345 e. The van der Waals surface area contributed by atoms with Gasteiger partial charge in [-0.2, -0.15) is 0 Å². The Balaban J connectivity index is 1.47. The number of amides is 1. The second-order valence-electron chi connectivity index (χ2n) is 10.5. The average molecular weight is 546 g/mol. The van der Waals surface area contributed by atoms with E-state index in [-0.39, 0.29) is 5.91 Å². The van der Waals surface area contributed by atoms with Crippen molar-refractivity contribution in [2.75, 3.05) is 25.0 Å². The van der Waals surface area contributed by atoms with Gasteiger partial charge in [-0.1, -0.05) is 97.4 Å². The van der Waals surface area contributed by atoms with Crippen molar-refractivity contribution in [3.63, 3.8) is 0 Å². The topological polar surface area (TPSA) is 74.0 Å². The molecular weight excluding hydrogens is 506 g/mol. The Kier molecular flexibility index (Phi) is 9.45. The zero-order chi connectivity index (χ0) is 28.4. The fourth-order valence-corrected chi connectivity index (χ4v) is 5.26. The van der Waals surface area contributed by atoms with Crippen LogP contribution >= 0.6 is 0 Å². The number of unbranched alkanes of at least 4 members (excludes halogenated alkanes) is 2. The quantitative estimate of drug-likeness (QED) is 0.207. The number of rotatable bonds is 11. The Morgan fingerprint density at radius 3 is 2.22 bits per heavy atom. The SMILES string of the molecule is CN(CCCCCN)C1=Nc2ccccc2C(NC(=O)CCc2ccccc2)N1c1ccc(-c2ccccc2)cc1. The number of nitrogens with two attached hydrogens (primary N) is 1. The molecule has 0 aliphatic carbocycles. The number of benzene rings is 4. The Morgan fingerprint density at radius 2 is 1.49 bits per heavy atom. The highest BCUT2D eigenvalue weighted by atomic mass is 16.1. The number of anilines is 1. The molecule has 0 bridgehead atoms. The molecule has 1 heterocycles. The molecule has 4 aromatic rings. The van der Waals surface area contributed by atoms with Crippen molar-refractivity contribution in [3.8, 4) is 11.1 Å². The highest BCUT2D eigenvalue weighted by Gasteiger charge is 2.34. The summed E-state index contributed by atoms with van der Waals surface area (Å²) < 4.78 is 0. The first-order chi connectivity index (χ1) is 20.1. The number of nitrogens with zero attached hydrogens (tertiary/aromatic N) is 3. The summed E-state index contributed by atoms with van der Waals surface area (Å²) in [7, 11) is 2.08. The third-order valence-corrected chi connectivity index (χ3v) is 7.50. The van der Waals surface area contributed by atoms with Gasteiger partial charge in [0, 0.05) is 31.3 Å². The first-order valence-electron chi connectivity index (χ1n) is 14.5. The van der Waals surface area contributed by atoms with E-state index >= 15 is 0 Å². The molecule has 4 aromatic carbocycles. The van der Waals surface area contributed by atoms with Crippen molar-refractivity contribution >= 4 is 23.2 Å². The van der Waals surface area contributed by atoms with Crippen molar-refractivity contribution in [3.05, 3.63) is 120 Å². The second-order valence-corrected chi connectivity index (χ2v) is 10.5. The maximum Gasteiger partial charge on any atom is 0.222 e. The van der Waals surface area contributed by atoms with E-state index in [4.69, 9.17) is 10.7 Å². The van der Waals surface area contributed by atoms with E-state index in [9.17, 15) is 4.79 Å². The number of carbonyl (C=O) groups is 1. The molecule has 1 aliphatic heterocycles. The van der Waals surface area contributed by atoms with Gasteiger partial charge in [0.05, 0.1) is 5.69 Å². The van der Waals surface area contributed by atoms with E-state index in [0.717, 1.165) is 59.8 Å². The van der Waals surface area contributed by atoms with Crippen LogP contribution in [0, 0.1) is 0 Å². The molecule has 0 fully saturated rings. The summed E-state index contributed by atoms with van der Waals surface area (Å²) in [6, 6.07) is 37.1. The Bertz CT molecular complexity index is 1440. The van der Waals surface area contributed by atoms with Gasteiger partial charge >= 0.3 is 0 Å². The van der Waals surface area contributed by atoms with Gasteiger partial charge in [-0.3, -0.25) is 9.69 Å². The standard InChI is InChI=1S/C35H39N5O/c1-39(26-12-4-11-25-36)35-37-32-18-10-9-17-31(32)34(38-33(41)24-19-27-13-5-2-6-14-27)40(35)30-22-20-29(21-23-30)28-15-7-3-8-16-28/h2-3,5-10,13-18,20-23,34H,4,11-12,19,24-26,36H2,1H3,(H,38,41). The first kappa shape index (κ1) is 28.1. The number of nitrogens with one attached hydrogen (secondary N) is 1. The molecule has 0 saturated heterocycles. The molecule has 210 valence electrons. The molecule has 41 heavy (non-hydrogen) atoms. The predicted molar refractivity (Wildman–Crippen MR) is 169 cm³/mol. The van der Waals surface area contributed by atoms with Gasteiger partial charge in [0.25, 0.3) is 0 Å². The van der Waals surface area contributed by atoms with Crippen molar-refractivity contribution < 1.29 is 4.79 Å². The van der Waals surface area contributed by atoms with Crippen LogP contribution in [0.1, 0.15) is 43.0 Å². The molecule has 0 spiro atoms. The highest BCUT2D eigenvalue weighted by Crippen LogP contribution is 2.38. The molecule has 1 unspecified atom stereocenters. The number of carbonyl (C=O) groups excluding carboxylic acids is 1. The maximum atomic E-state index is 13.4. The Labute approximate surface area is 243 Å². The van der Waals surface area contributed by atoms with Crippen molar-refractivity contribution in [1.82, 2.24) is 10.2 Å². The van der Waals surface area contributed by atoms with Crippen LogP contribution in [0.3, 0.4) is 0 Å². The molecule has 0 saturated carbocycles. The zero-order valence-electron chi connectivity index (χ0n) is 23.7. The van der Waals surface area contributed by atoms with E-state index in [1.54, 1.807) is 0 Å². The van der Waals surface area contributed by atoms with Gasteiger partial charge in [-0.05, 0) is 60.7 Å². The molecule has 1 amide bonds. The van der Waals surface area contributed by atoms with Gasteiger partial charge < -0.3 is 16.0 Å². The number of hydrogen-bond acceptors (Lipinski definition) is 5. The summed E-state index contributed by atoms with van der Waals surface area (Å²) in [5, 5.41) is 3.36. The van der Waals surface area contributed by atoms with Gasteiger partial charge in [0.1, 0.15) is 6.17 Å². The van der Waals surface area contributed by atoms with E-state index in [1.807, 2.05) is 42.5 Å². The normalized spacial score (nSPS) is 14.2. The first-order valence-corrected chi connectivity index (χ1v) is 14.5. The van der Waals surface area contributed by atoms with Crippen LogP contribution < -0.4 is 16.0 Å². The molecule has 6 heteroatoms. The van der Waals surface area contributed by atoms with Crippen molar-refractivity contribution in [2.45, 2.75) is 38.3 Å².